The number of hydrogen-bond acceptors (Lipinski definition) is 4. The molecule has 2 heterocycles. The fourth-order valence-corrected chi connectivity index (χ4v) is 1.56. The Labute approximate surface area is 90.8 Å². The maximum atomic E-state index is 11.5. The van der Waals surface area contributed by atoms with Crippen molar-refractivity contribution in [3.8, 4) is 0 Å². The predicted octanol–water partition coefficient (Wildman–Crippen LogP) is -0.709. The summed E-state index contributed by atoms with van der Waals surface area (Å²) in [4.78, 5) is 24.9. The second-order valence-electron chi connectivity index (χ2n) is 3.62. The Morgan fingerprint density at radius 2 is 2.31 bits per heavy atom. The first-order chi connectivity index (χ1) is 7.59. The Balaban J connectivity index is 2.48. The second-order valence-corrected chi connectivity index (χ2v) is 3.62. The lowest BCUT2D eigenvalue weighted by molar-refractivity contribution is -0.0645. The van der Waals surface area contributed by atoms with E-state index in [1.165, 1.54) is 10.8 Å². The lowest BCUT2D eigenvalue weighted by atomic mass is 10.2. The number of rotatable bonds is 1. The number of aromatic nitrogens is 2. The zero-order chi connectivity index (χ0) is 11.7. The molecule has 0 amide bonds. The highest BCUT2D eigenvalue weighted by Gasteiger charge is 2.23. The van der Waals surface area contributed by atoms with Crippen LogP contribution in [0.25, 0.3) is 0 Å². The zero-order valence-electron chi connectivity index (χ0n) is 8.71. The van der Waals surface area contributed by atoms with Crippen LogP contribution in [0.2, 0.25) is 0 Å². The van der Waals surface area contributed by atoms with Crippen LogP contribution < -0.4 is 11.2 Å². The SMILES string of the molecule is Cc1cn([C@H]2OCC=C[C@@H]2O)c(=O)[nH]c1=O. The molecule has 2 atom stereocenters. The summed E-state index contributed by atoms with van der Waals surface area (Å²) in [5.74, 6) is 0. The highest BCUT2D eigenvalue weighted by Crippen LogP contribution is 2.16. The van der Waals surface area contributed by atoms with Crippen molar-refractivity contribution in [2.75, 3.05) is 6.61 Å². The fourth-order valence-electron chi connectivity index (χ4n) is 1.56. The zero-order valence-corrected chi connectivity index (χ0v) is 8.71. The molecule has 0 saturated carbocycles. The molecule has 0 bridgehead atoms. The number of nitrogens with zero attached hydrogens (tertiary/aromatic N) is 1. The maximum Gasteiger partial charge on any atom is 0.330 e. The molecule has 6 nitrogen and oxygen atoms in total. The van der Waals surface area contributed by atoms with E-state index in [0.717, 1.165) is 0 Å². The molecule has 6 heteroatoms. The molecule has 16 heavy (non-hydrogen) atoms. The van der Waals surface area contributed by atoms with Gasteiger partial charge in [-0.3, -0.25) is 14.3 Å². The van der Waals surface area contributed by atoms with Gasteiger partial charge in [0.25, 0.3) is 5.56 Å². The third-order valence-electron chi connectivity index (χ3n) is 2.41. The smallest absolute Gasteiger partial charge is 0.330 e. The van der Waals surface area contributed by atoms with Gasteiger partial charge in [-0.25, -0.2) is 4.79 Å². The van der Waals surface area contributed by atoms with E-state index >= 15 is 0 Å². The summed E-state index contributed by atoms with van der Waals surface area (Å²) in [6.07, 6.45) is 2.94. The number of aliphatic hydroxyl groups excluding tert-OH is 1. The van der Waals surface area contributed by atoms with Gasteiger partial charge >= 0.3 is 5.69 Å². The van der Waals surface area contributed by atoms with Crippen molar-refractivity contribution < 1.29 is 9.84 Å². The first-order valence-electron chi connectivity index (χ1n) is 4.88. The Bertz CT molecular complexity index is 528. The summed E-state index contributed by atoms with van der Waals surface area (Å²) in [6.45, 7) is 1.91. The topological polar surface area (TPSA) is 84.3 Å². The van der Waals surface area contributed by atoms with E-state index in [4.69, 9.17) is 4.74 Å². The number of hydrogen-bond donors (Lipinski definition) is 2. The molecule has 1 aromatic rings. The minimum atomic E-state index is -0.892. The van der Waals surface area contributed by atoms with Gasteiger partial charge in [-0.05, 0) is 6.92 Å². The lowest BCUT2D eigenvalue weighted by Gasteiger charge is -2.25. The predicted molar refractivity (Wildman–Crippen MR) is 56.2 cm³/mol. The molecule has 86 valence electrons. The van der Waals surface area contributed by atoms with Gasteiger partial charge in [-0.2, -0.15) is 0 Å². The third-order valence-corrected chi connectivity index (χ3v) is 2.41. The normalized spacial score (nSPS) is 24.6. The quantitative estimate of drug-likeness (QED) is 0.617. The van der Waals surface area contributed by atoms with Gasteiger partial charge in [0.05, 0.1) is 6.61 Å². The van der Waals surface area contributed by atoms with E-state index in [2.05, 4.69) is 4.98 Å². The van der Waals surface area contributed by atoms with Crippen LogP contribution in [0, 0.1) is 6.92 Å². The first kappa shape index (κ1) is 10.8. The van der Waals surface area contributed by atoms with Crippen LogP contribution in [0.4, 0.5) is 0 Å². The van der Waals surface area contributed by atoms with Crippen LogP contribution in [0.1, 0.15) is 11.8 Å². The lowest BCUT2D eigenvalue weighted by Crippen LogP contribution is -2.39. The number of ether oxygens (including phenoxy) is 1. The molecule has 1 aliphatic rings. The molecular weight excluding hydrogens is 212 g/mol. The van der Waals surface area contributed by atoms with E-state index in [1.54, 1.807) is 19.1 Å². The maximum absolute atomic E-state index is 11.5. The highest BCUT2D eigenvalue weighted by molar-refractivity contribution is 5.04. The summed E-state index contributed by atoms with van der Waals surface area (Å²) >= 11 is 0. The second kappa shape index (κ2) is 4.07. The van der Waals surface area contributed by atoms with E-state index in [9.17, 15) is 14.7 Å². The molecule has 0 spiro atoms. The Hall–Kier alpha value is -1.66. The molecule has 0 saturated heterocycles. The van der Waals surface area contributed by atoms with Crippen molar-refractivity contribution in [1.82, 2.24) is 9.55 Å². The number of aryl methyl sites for hydroxylation is 1. The molecule has 0 aliphatic carbocycles. The number of nitrogens with one attached hydrogen (secondary N) is 1. The summed E-state index contributed by atoms with van der Waals surface area (Å²) in [6, 6.07) is 0. The molecule has 0 fully saturated rings. The first-order valence-corrected chi connectivity index (χ1v) is 4.88. The monoisotopic (exact) mass is 224 g/mol. The van der Waals surface area contributed by atoms with Gasteiger partial charge < -0.3 is 9.84 Å². The van der Waals surface area contributed by atoms with E-state index in [0.29, 0.717) is 12.2 Å². The molecule has 0 unspecified atom stereocenters. The standard InChI is InChI=1S/C10H12N2O4/c1-6-5-12(10(15)11-8(6)14)9-7(13)3-2-4-16-9/h2-3,5,7,9,13H,4H2,1H3,(H,11,14,15)/t7-,9-/m0/s1. The van der Waals surface area contributed by atoms with Gasteiger partial charge in [-0.1, -0.05) is 12.2 Å². The van der Waals surface area contributed by atoms with Crippen molar-refractivity contribution in [3.63, 3.8) is 0 Å². The van der Waals surface area contributed by atoms with Crippen LogP contribution in [0.5, 0.6) is 0 Å². The van der Waals surface area contributed by atoms with Crippen molar-refractivity contribution in [2.24, 2.45) is 0 Å². The Morgan fingerprint density at radius 1 is 1.56 bits per heavy atom. The average molecular weight is 224 g/mol. The average Bonchev–Trinajstić information content (AvgIpc) is 2.25. The number of aromatic amines is 1. The number of H-pyrrole nitrogens is 1. The molecule has 2 N–H and O–H groups in total. The van der Waals surface area contributed by atoms with Crippen LogP contribution in [0.3, 0.4) is 0 Å². The van der Waals surface area contributed by atoms with Crippen LogP contribution in [-0.4, -0.2) is 27.4 Å². The van der Waals surface area contributed by atoms with Gasteiger partial charge in [-0.15, -0.1) is 0 Å². The molecule has 0 radical (unpaired) electrons. The molecule has 2 rings (SSSR count). The van der Waals surface area contributed by atoms with Gasteiger partial charge in [0.15, 0.2) is 6.23 Å². The van der Waals surface area contributed by atoms with Crippen LogP contribution in [-0.2, 0) is 4.74 Å². The van der Waals surface area contributed by atoms with E-state index in [1.807, 2.05) is 0 Å². The van der Waals surface area contributed by atoms with E-state index in [-0.39, 0.29) is 0 Å². The molecule has 1 aromatic heterocycles. The van der Waals surface area contributed by atoms with Crippen molar-refractivity contribution >= 4 is 0 Å². The third kappa shape index (κ3) is 1.84. The van der Waals surface area contributed by atoms with Crippen LogP contribution >= 0.6 is 0 Å². The van der Waals surface area contributed by atoms with Crippen molar-refractivity contribution in [2.45, 2.75) is 19.3 Å². The van der Waals surface area contributed by atoms with Gasteiger partial charge in [0.1, 0.15) is 6.10 Å². The summed E-state index contributed by atoms with van der Waals surface area (Å²) in [5.41, 5.74) is -0.623. The number of aliphatic hydroxyl groups is 1. The molecule has 0 aromatic carbocycles. The summed E-state index contributed by atoms with van der Waals surface area (Å²) in [7, 11) is 0. The van der Waals surface area contributed by atoms with Crippen LogP contribution in [0.15, 0.2) is 27.9 Å². The fraction of sp³-hybridized carbons (Fsp3) is 0.400. The van der Waals surface area contributed by atoms with Crippen molar-refractivity contribution in [1.29, 1.82) is 0 Å². The molecular formula is C10H12N2O4. The van der Waals surface area contributed by atoms with Gasteiger partial charge in [0, 0.05) is 11.8 Å². The molecule has 1 aliphatic heterocycles. The summed E-state index contributed by atoms with van der Waals surface area (Å²) < 4.78 is 6.44. The van der Waals surface area contributed by atoms with E-state index < -0.39 is 23.6 Å². The largest absolute Gasteiger partial charge is 0.384 e. The minimum Gasteiger partial charge on any atom is -0.384 e. The van der Waals surface area contributed by atoms with Gasteiger partial charge in [0.2, 0.25) is 0 Å². The highest BCUT2D eigenvalue weighted by atomic mass is 16.5. The van der Waals surface area contributed by atoms with Crippen molar-refractivity contribution in [3.05, 3.63) is 44.8 Å². The Morgan fingerprint density at radius 3 is 3.00 bits per heavy atom. The minimum absolute atomic E-state index is 0.326. The Kier molecular flexibility index (Phi) is 2.76. The summed E-state index contributed by atoms with van der Waals surface area (Å²) in [5, 5.41) is 9.64.